The van der Waals surface area contributed by atoms with Crippen LogP contribution in [0.4, 0.5) is 5.13 Å². The van der Waals surface area contributed by atoms with Crippen LogP contribution in [0.1, 0.15) is 23.3 Å². The molecule has 2 heterocycles. The summed E-state index contributed by atoms with van der Waals surface area (Å²) in [6.45, 7) is 1.03. The van der Waals surface area contributed by atoms with Gasteiger partial charge in [0.15, 0.2) is 5.13 Å². The van der Waals surface area contributed by atoms with Gasteiger partial charge in [0.2, 0.25) is 5.91 Å². The second-order valence-electron chi connectivity index (χ2n) is 5.62. The van der Waals surface area contributed by atoms with E-state index in [1.54, 1.807) is 6.20 Å². The largest absolute Gasteiger partial charge is 0.381 e. The molecule has 0 unspecified atom stereocenters. The highest BCUT2D eigenvalue weighted by molar-refractivity contribution is 7.15. The Balaban J connectivity index is 0.00000208. The van der Waals surface area contributed by atoms with Crippen LogP contribution in [0.3, 0.4) is 0 Å². The molecule has 1 fully saturated rings. The monoisotopic (exact) mass is 387 g/mol. The van der Waals surface area contributed by atoms with E-state index in [0.29, 0.717) is 37.6 Å². The van der Waals surface area contributed by atoms with Crippen molar-refractivity contribution in [1.29, 1.82) is 0 Å². The van der Waals surface area contributed by atoms with Crippen molar-refractivity contribution in [2.24, 2.45) is 5.73 Å². The predicted molar refractivity (Wildman–Crippen MR) is 99.2 cm³/mol. The van der Waals surface area contributed by atoms with E-state index in [1.165, 1.54) is 11.3 Å². The number of hydrogen-bond donors (Lipinski definition) is 2. The lowest BCUT2D eigenvalue weighted by Gasteiger charge is -2.31. The van der Waals surface area contributed by atoms with Gasteiger partial charge in [0.05, 0.1) is 0 Å². The minimum atomic E-state index is -0.868. The molecule has 2 aromatic rings. The normalized spacial score (nSPS) is 16.2. The van der Waals surface area contributed by atoms with Gasteiger partial charge in [0.1, 0.15) is 5.54 Å². The quantitative estimate of drug-likeness (QED) is 0.843. The number of anilines is 1. The minimum Gasteiger partial charge on any atom is -0.381 e. The molecule has 24 heavy (non-hydrogen) atoms. The number of ether oxygens (including phenoxy) is 1. The third-order valence-electron chi connectivity index (χ3n) is 3.93. The molecule has 0 atom stereocenters. The van der Waals surface area contributed by atoms with Crippen molar-refractivity contribution in [3.63, 3.8) is 0 Å². The number of nitrogens with zero attached hydrogens (tertiary/aromatic N) is 1. The molecule has 1 aliphatic rings. The van der Waals surface area contributed by atoms with Crippen LogP contribution >= 0.6 is 35.3 Å². The second kappa shape index (κ2) is 8.27. The molecule has 1 aliphatic heterocycles. The van der Waals surface area contributed by atoms with Crippen LogP contribution in [0.15, 0.2) is 30.5 Å². The highest BCUT2D eigenvalue weighted by Crippen LogP contribution is 2.26. The summed E-state index contributed by atoms with van der Waals surface area (Å²) in [6, 6.07) is 7.70. The molecule has 5 nitrogen and oxygen atoms in total. The van der Waals surface area contributed by atoms with Crippen molar-refractivity contribution in [1.82, 2.24) is 4.98 Å². The van der Waals surface area contributed by atoms with E-state index in [-0.39, 0.29) is 18.3 Å². The number of nitrogens with two attached hydrogens (primary N) is 1. The molecular formula is C16H19Cl2N3O2S. The first-order valence-corrected chi connectivity index (χ1v) is 8.62. The number of benzene rings is 1. The molecule has 0 bridgehead atoms. The number of rotatable bonds is 4. The SMILES string of the molecule is Cl.NC1(C(=O)Nc2ncc(Cc3ccccc3Cl)s2)CCOCC1. The maximum Gasteiger partial charge on any atom is 0.246 e. The topological polar surface area (TPSA) is 77.2 Å². The van der Waals surface area contributed by atoms with Crippen molar-refractivity contribution in [2.75, 3.05) is 18.5 Å². The molecular weight excluding hydrogens is 369 g/mol. The molecule has 0 spiro atoms. The van der Waals surface area contributed by atoms with Crippen molar-refractivity contribution in [3.8, 4) is 0 Å². The Labute approximate surface area is 156 Å². The van der Waals surface area contributed by atoms with Gasteiger partial charge in [-0.2, -0.15) is 0 Å². The van der Waals surface area contributed by atoms with E-state index >= 15 is 0 Å². The van der Waals surface area contributed by atoms with Crippen LogP contribution < -0.4 is 11.1 Å². The standard InChI is InChI=1S/C16H18ClN3O2S.ClH/c17-13-4-2-1-3-11(13)9-12-10-19-15(23-12)20-14(21)16(18)5-7-22-8-6-16;/h1-4,10H,5-9,18H2,(H,19,20,21);1H. The third kappa shape index (κ3) is 4.46. The highest BCUT2D eigenvalue weighted by Gasteiger charge is 2.36. The zero-order chi connectivity index (χ0) is 16.3. The minimum absolute atomic E-state index is 0. The lowest BCUT2D eigenvalue weighted by atomic mass is 9.90. The number of thiazole rings is 1. The van der Waals surface area contributed by atoms with Gasteiger partial charge in [-0.3, -0.25) is 4.79 Å². The Morgan fingerprint density at radius 2 is 2.08 bits per heavy atom. The third-order valence-corrected chi connectivity index (χ3v) is 5.22. The summed E-state index contributed by atoms with van der Waals surface area (Å²) in [5.41, 5.74) is 6.34. The Kier molecular flexibility index (Phi) is 6.60. The fourth-order valence-corrected chi connectivity index (χ4v) is 3.49. The summed E-state index contributed by atoms with van der Waals surface area (Å²) in [6.07, 6.45) is 3.50. The Bertz CT molecular complexity index is 702. The number of aromatic nitrogens is 1. The van der Waals surface area contributed by atoms with Crippen molar-refractivity contribution >= 4 is 46.4 Å². The molecule has 8 heteroatoms. The summed E-state index contributed by atoms with van der Waals surface area (Å²) < 4.78 is 5.26. The molecule has 3 N–H and O–H groups in total. The molecule has 1 aromatic heterocycles. The maximum atomic E-state index is 12.4. The van der Waals surface area contributed by atoms with Crippen LogP contribution in [0.5, 0.6) is 0 Å². The van der Waals surface area contributed by atoms with E-state index < -0.39 is 5.54 Å². The van der Waals surface area contributed by atoms with Gasteiger partial charge in [-0.1, -0.05) is 29.8 Å². The molecule has 130 valence electrons. The first-order chi connectivity index (χ1) is 11.1. The van der Waals surface area contributed by atoms with Crippen molar-refractivity contribution in [3.05, 3.63) is 45.9 Å². The van der Waals surface area contributed by atoms with Gasteiger partial charge in [0, 0.05) is 35.7 Å². The molecule has 0 saturated carbocycles. The molecule has 1 amide bonds. The van der Waals surface area contributed by atoms with Gasteiger partial charge < -0.3 is 15.8 Å². The van der Waals surface area contributed by atoms with Gasteiger partial charge >= 0.3 is 0 Å². The maximum absolute atomic E-state index is 12.4. The summed E-state index contributed by atoms with van der Waals surface area (Å²) in [4.78, 5) is 17.7. The lowest BCUT2D eigenvalue weighted by molar-refractivity contribution is -0.124. The average Bonchev–Trinajstić information content (AvgIpc) is 2.97. The fraction of sp³-hybridized carbons (Fsp3) is 0.375. The number of halogens is 2. The Hall–Kier alpha value is -1.18. The number of nitrogens with one attached hydrogen (secondary N) is 1. The van der Waals surface area contributed by atoms with E-state index in [1.807, 2.05) is 24.3 Å². The van der Waals surface area contributed by atoms with Gasteiger partial charge in [-0.15, -0.1) is 23.7 Å². The fourth-order valence-electron chi connectivity index (χ4n) is 2.46. The summed E-state index contributed by atoms with van der Waals surface area (Å²) in [5, 5.41) is 4.12. The van der Waals surface area contributed by atoms with Gasteiger partial charge in [-0.25, -0.2) is 4.98 Å². The van der Waals surface area contributed by atoms with E-state index in [9.17, 15) is 4.79 Å². The van der Waals surface area contributed by atoms with Gasteiger partial charge in [0.25, 0.3) is 0 Å². The van der Waals surface area contributed by atoms with Crippen molar-refractivity contribution < 1.29 is 9.53 Å². The average molecular weight is 388 g/mol. The molecule has 3 rings (SSSR count). The Morgan fingerprint density at radius 3 is 2.79 bits per heavy atom. The van der Waals surface area contributed by atoms with Crippen LogP contribution in [0, 0.1) is 0 Å². The van der Waals surface area contributed by atoms with Crippen molar-refractivity contribution in [2.45, 2.75) is 24.8 Å². The molecule has 0 radical (unpaired) electrons. The van der Waals surface area contributed by atoms with Gasteiger partial charge in [-0.05, 0) is 24.5 Å². The summed E-state index contributed by atoms with van der Waals surface area (Å²) in [7, 11) is 0. The summed E-state index contributed by atoms with van der Waals surface area (Å²) >= 11 is 7.61. The predicted octanol–water partition coefficient (Wildman–Crippen LogP) is 3.26. The van der Waals surface area contributed by atoms with E-state index in [2.05, 4.69) is 10.3 Å². The first-order valence-electron chi connectivity index (χ1n) is 7.43. The molecule has 1 aromatic carbocycles. The second-order valence-corrected chi connectivity index (χ2v) is 7.14. The Morgan fingerprint density at radius 1 is 1.38 bits per heavy atom. The zero-order valence-electron chi connectivity index (χ0n) is 13.0. The van der Waals surface area contributed by atoms with E-state index in [0.717, 1.165) is 15.5 Å². The molecule has 0 aliphatic carbocycles. The smallest absolute Gasteiger partial charge is 0.246 e. The first kappa shape index (κ1) is 19.1. The van der Waals surface area contributed by atoms with E-state index in [4.69, 9.17) is 22.1 Å². The van der Waals surface area contributed by atoms with Crippen LogP contribution in [-0.2, 0) is 16.0 Å². The van der Waals surface area contributed by atoms with Crippen LogP contribution in [-0.4, -0.2) is 29.6 Å². The number of carbonyl (C=O) groups excluding carboxylic acids is 1. The van der Waals surface area contributed by atoms with Crippen LogP contribution in [0.25, 0.3) is 0 Å². The lowest BCUT2D eigenvalue weighted by Crippen LogP contribution is -2.54. The van der Waals surface area contributed by atoms with Crippen LogP contribution in [0.2, 0.25) is 5.02 Å². The number of amides is 1. The molecule has 1 saturated heterocycles. The zero-order valence-corrected chi connectivity index (χ0v) is 15.3. The summed E-state index contributed by atoms with van der Waals surface area (Å²) in [5.74, 6) is -0.195. The highest BCUT2D eigenvalue weighted by atomic mass is 35.5. The number of carbonyl (C=O) groups is 1. The number of hydrogen-bond acceptors (Lipinski definition) is 5.